The van der Waals surface area contributed by atoms with Crippen LogP contribution in [0.1, 0.15) is 42.0 Å². The summed E-state index contributed by atoms with van der Waals surface area (Å²) in [7, 11) is 0. The number of rotatable bonds is 7. The van der Waals surface area contributed by atoms with Gasteiger partial charge < -0.3 is 13.8 Å². The van der Waals surface area contributed by atoms with Gasteiger partial charge in [-0.2, -0.15) is 0 Å². The van der Waals surface area contributed by atoms with Gasteiger partial charge in [0, 0.05) is 56.8 Å². The molecule has 25 heavy (non-hydrogen) atoms. The SMILES string of the molecule is Cc1noc(C)c1CN1Cc2cccn2CC(CCOCC2CC2)C1. The van der Waals surface area contributed by atoms with E-state index in [1.54, 1.807) is 0 Å². The summed E-state index contributed by atoms with van der Waals surface area (Å²) in [5, 5.41) is 4.11. The fourth-order valence-electron chi connectivity index (χ4n) is 3.80. The number of hydrogen-bond donors (Lipinski definition) is 0. The van der Waals surface area contributed by atoms with Crippen LogP contribution in [0.3, 0.4) is 0 Å². The van der Waals surface area contributed by atoms with Crippen molar-refractivity contribution in [1.29, 1.82) is 0 Å². The van der Waals surface area contributed by atoms with Crippen LogP contribution in [0.4, 0.5) is 0 Å². The fourth-order valence-corrected chi connectivity index (χ4v) is 3.80. The quantitative estimate of drug-likeness (QED) is 0.721. The van der Waals surface area contributed by atoms with Crippen molar-refractivity contribution < 1.29 is 9.26 Å². The normalized spacial score (nSPS) is 21.3. The molecule has 3 heterocycles. The second-order valence-electron chi connectivity index (χ2n) is 7.80. The zero-order valence-electron chi connectivity index (χ0n) is 15.4. The highest BCUT2D eigenvalue weighted by Crippen LogP contribution is 2.29. The number of aryl methyl sites for hydroxylation is 2. The summed E-state index contributed by atoms with van der Waals surface area (Å²) in [6.45, 7) is 9.98. The first-order valence-electron chi connectivity index (χ1n) is 9.55. The number of hydrogen-bond acceptors (Lipinski definition) is 4. The van der Waals surface area contributed by atoms with Gasteiger partial charge in [0.25, 0.3) is 0 Å². The molecular formula is C20H29N3O2. The van der Waals surface area contributed by atoms with E-state index in [2.05, 4.69) is 33.0 Å². The summed E-state index contributed by atoms with van der Waals surface area (Å²) in [4.78, 5) is 2.54. The standard InChI is InChI=1S/C20H29N3O2/c1-15-20(16(2)25-21-15)13-22-10-18(7-9-24-14-17-5-6-17)11-23-8-3-4-19(23)12-22/h3-4,8,17-18H,5-7,9-14H2,1-2H3. The van der Waals surface area contributed by atoms with Crippen molar-refractivity contribution in [3.63, 3.8) is 0 Å². The number of ether oxygens (including phenoxy) is 1. The van der Waals surface area contributed by atoms with Crippen molar-refractivity contribution in [3.05, 3.63) is 41.0 Å². The second-order valence-corrected chi connectivity index (χ2v) is 7.80. The third-order valence-corrected chi connectivity index (χ3v) is 5.56. The monoisotopic (exact) mass is 343 g/mol. The van der Waals surface area contributed by atoms with Gasteiger partial charge in [-0.05, 0) is 57.1 Å². The van der Waals surface area contributed by atoms with Crippen LogP contribution in [0.25, 0.3) is 0 Å². The molecule has 5 heteroatoms. The van der Waals surface area contributed by atoms with Crippen molar-refractivity contribution in [1.82, 2.24) is 14.6 Å². The van der Waals surface area contributed by atoms with Crippen LogP contribution < -0.4 is 0 Å². The van der Waals surface area contributed by atoms with Crippen LogP contribution in [0.5, 0.6) is 0 Å². The van der Waals surface area contributed by atoms with E-state index >= 15 is 0 Å². The molecule has 0 spiro atoms. The highest BCUT2D eigenvalue weighted by atomic mass is 16.5. The first kappa shape index (κ1) is 16.9. The molecule has 0 radical (unpaired) electrons. The Bertz CT molecular complexity index is 682. The van der Waals surface area contributed by atoms with Gasteiger partial charge in [0.05, 0.1) is 5.69 Å². The van der Waals surface area contributed by atoms with Crippen LogP contribution in [0.2, 0.25) is 0 Å². The summed E-state index contributed by atoms with van der Waals surface area (Å²) in [5.74, 6) is 2.41. The zero-order chi connectivity index (χ0) is 17.2. The summed E-state index contributed by atoms with van der Waals surface area (Å²) >= 11 is 0. The topological polar surface area (TPSA) is 43.4 Å². The van der Waals surface area contributed by atoms with E-state index < -0.39 is 0 Å². The third kappa shape index (κ3) is 4.15. The molecule has 1 saturated carbocycles. The molecule has 0 N–H and O–H groups in total. The van der Waals surface area contributed by atoms with Crippen molar-refractivity contribution in [2.24, 2.45) is 11.8 Å². The number of fused-ring (bicyclic) bond motifs is 1. The maximum Gasteiger partial charge on any atom is 0.138 e. The molecular weight excluding hydrogens is 314 g/mol. The molecule has 0 amide bonds. The summed E-state index contributed by atoms with van der Waals surface area (Å²) < 4.78 is 13.7. The minimum Gasteiger partial charge on any atom is -0.381 e. The molecule has 1 atom stereocenters. The third-order valence-electron chi connectivity index (χ3n) is 5.56. The second kappa shape index (κ2) is 7.34. The lowest BCUT2D eigenvalue weighted by atomic mass is 10.0. The van der Waals surface area contributed by atoms with E-state index in [4.69, 9.17) is 9.26 Å². The summed E-state index contributed by atoms with van der Waals surface area (Å²) in [5.41, 5.74) is 3.65. The van der Waals surface area contributed by atoms with E-state index in [0.717, 1.165) is 63.2 Å². The van der Waals surface area contributed by atoms with Crippen molar-refractivity contribution in [2.45, 2.75) is 52.7 Å². The lowest BCUT2D eigenvalue weighted by Crippen LogP contribution is -2.28. The minimum atomic E-state index is 0.619. The minimum absolute atomic E-state index is 0.619. The Morgan fingerprint density at radius 2 is 2.12 bits per heavy atom. The zero-order valence-corrected chi connectivity index (χ0v) is 15.4. The Morgan fingerprint density at radius 1 is 1.24 bits per heavy atom. The van der Waals surface area contributed by atoms with Gasteiger partial charge in [-0.15, -0.1) is 0 Å². The van der Waals surface area contributed by atoms with Gasteiger partial charge in [0.2, 0.25) is 0 Å². The van der Waals surface area contributed by atoms with E-state index in [9.17, 15) is 0 Å². The van der Waals surface area contributed by atoms with Crippen LogP contribution in [-0.2, 0) is 24.4 Å². The molecule has 0 bridgehead atoms. The predicted octanol–water partition coefficient (Wildman–Crippen LogP) is 3.54. The van der Waals surface area contributed by atoms with Crippen molar-refractivity contribution in [2.75, 3.05) is 19.8 Å². The van der Waals surface area contributed by atoms with Gasteiger partial charge >= 0.3 is 0 Å². The van der Waals surface area contributed by atoms with Gasteiger partial charge in [0.15, 0.2) is 0 Å². The molecule has 2 aliphatic rings. The van der Waals surface area contributed by atoms with Crippen LogP contribution in [-0.4, -0.2) is 34.4 Å². The highest BCUT2D eigenvalue weighted by molar-refractivity contribution is 5.21. The Morgan fingerprint density at radius 3 is 2.88 bits per heavy atom. The van der Waals surface area contributed by atoms with E-state index in [1.807, 2.05) is 13.8 Å². The molecule has 1 aliphatic heterocycles. The molecule has 4 rings (SSSR count). The maximum atomic E-state index is 5.90. The largest absolute Gasteiger partial charge is 0.381 e. The van der Waals surface area contributed by atoms with Gasteiger partial charge in [-0.3, -0.25) is 4.90 Å². The summed E-state index contributed by atoms with van der Waals surface area (Å²) in [6, 6.07) is 4.40. The Balaban J connectivity index is 1.41. The van der Waals surface area contributed by atoms with E-state index in [1.165, 1.54) is 24.1 Å². The average molecular weight is 343 g/mol. The van der Waals surface area contributed by atoms with Gasteiger partial charge in [-0.25, -0.2) is 0 Å². The molecule has 1 aliphatic carbocycles. The first-order valence-corrected chi connectivity index (χ1v) is 9.55. The molecule has 136 valence electrons. The van der Waals surface area contributed by atoms with Gasteiger partial charge in [0.1, 0.15) is 5.76 Å². The van der Waals surface area contributed by atoms with Crippen LogP contribution >= 0.6 is 0 Å². The molecule has 5 nitrogen and oxygen atoms in total. The molecule has 2 aromatic heterocycles. The Kier molecular flexibility index (Phi) is 4.95. The first-order chi connectivity index (χ1) is 12.2. The summed E-state index contributed by atoms with van der Waals surface area (Å²) in [6.07, 6.45) is 6.07. The highest BCUT2D eigenvalue weighted by Gasteiger charge is 2.24. The van der Waals surface area contributed by atoms with Gasteiger partial charge in [-0.1, -0.05) is 5.16 Å². The van der Waals surface area contributed by atoms with Crippen LogP contribution in [0.15, 0.2) is 22.9 Å². The fraction of sp³-hybridized carbons (Fsp3) is 0.650. The number of aromatic nitrogens is 2. The lowest BCUT2D eigenvalue weighted by Gasteiger charge is -2.24. The molecule has 1 unspecified atom stereocenters. The lowest BCUT2D eigenvalue weighted by molar-refractivity contribution is 0.101. The average Bonchev–Trinajstić information content (AvgIpc) is 3.29. The molecule has 0 saturated heterocycles. The molecule has 2 aromatic rings. The van der Waals surface area contributed by atoms with E-state index in [0.29, 0.717) is 5.92 Å². The number of nitrogens with zero attached hydrogens (tertiary/aromatic N) is 3. The smallest absolute Gasteiger partial charge is 0.138 e. The molecule has 0 aromatic carbocycles. The maximum absolute atomic E-state index is 5.90. The predicted molar refractivity (Wildman–Crippen MR) is 96.2 cm³/mol. The van der Waals surface area contributed by atoms with Crippen LogP contribution in [0, 0.1) is 25.7 Å². The van der Waals surface area contributed by atoms with E-state index in [-0.39, 0.29) is 0 Å². The van der Waals surface area contributed by atoms with Crippen molar-refractivity contribution >= 4 is 0 Å². The Labute approximate surface area is 149 Å². The molecule has 1 fully saturated rings. The Hall–Kier alpha value is -1.59. The van der Waals surface area contributed by atoms with Crippen molar-refractivity contribution in [3.8, 4) is 0 Å².